The largest absolute Gasteiger partial charge is 0.355 e. The summed E-state index contributed by atoms with van der Waals surface area (Å²) in [6, 6.07) is 19.5. The van der Waals surface area contributed by atoms with E-state index in [1.807, 2.05) is 35.2 Å². The zero-order valence-electron chi connectivity index (χ0n) is 16.4. The molecule has 1 amide bonds. The maximum atomic E-state index is 13.4. The van der Waals surface area contributed by atoms with E-state index in [1.165, 1.54) is 12.1 Å². The highest BCUT2D eigenvalue weighted by molar-refractivity contribution is 5.93. The molecular formula is C24H21FN4O. The van der Waals surface area contributed by atoms with Gasteiger partial charge in [0.2, 0.25) is 5.91 Å². The van der Waals surface area contributed by atoms with Crippen molar-refractivity contribution in [1.29, 1.82) is 5.26 Å². The van der Waals surface area contributed by atoms with Gasteiger partial charge in [0, 0.05) is 25.0 Å². The Morgan fingerprint density at radius 3 is 2.73 bits per heavy atom. The summed E-state index contributed by atoms with van der Waals surface area (Å²) in [6.45, 7) is 1.30. The molecule has 5 nitrogen and oxygen atoms in total. The Morgan fingerprint density at radius 1 is 1.13 bits per heavy atom. The summed E-state index contributed by atoms with van der Waals surface area (Å²) in [5, 5.41) is 12.3. The Kier molecular flexibility index (Phi) is 5.71. The second-order valence-electron chi connectivity index (χ2n) is 7.35. The molecular weight excluding hydrogens is 379 g/mol. The molecule has 30 heavy (non-hydrogen) atoms. The van der Waals surface area contributed by atoms with Gasteiger partial charge < -0.3 is 10.2 Å². The third kappa shape index (κ3) is 4.31. The molecule has 0 aliphatic carbocycles. The fourth-order valence-electron chi connectivity index (χ4n) is 3.78. The molecule has 1 fully saturated rings. The van der Waals surface area contributed by atoms with Crippen molar-refractivity contribution in [2.24, 2.45) is 5.92 Å². The van der Waals surface area contributed by atoms with Gasteiger partial charge in [-0.3, -0.25) is 4.79 Å². The van der Waals surface area contributed by atoms with Crippen LogP contribution in [0.15, 0.2) is 66.9 Å². The minimum Gasteiger partial charge on any atom is -0.355 e. The normalized spacial score (nSPS) is 16.0. The molecule has 1 aliphatic heterocycles. The van der Waals surface area contributed by atoms with Gasteiger partial charge in [-0.15, -0.1) is 0 Å². The fourth-order valence-corrected chi connectivity index (χ4v) is 3.78. The zero-order valence-corrected chi connectivity index (χ0v) is 16.4. The summed E-state index contributed by atoms with van der Waals surface area (Å²) in [5.41, 5.74) is 2.90. The first kappa shape index (κ1) is 19.6. The van der Waals surface area contributed by atoms with Crippen molar-refractivity contribution in [2.45, 2.75) is 12.8 Å². The third-order valence-corrected chi connectivity index (χ3v) is 5.31. The van der Waals surface area contributed by atoms with E-state index in [-0.39, 0.29) is 17.6 Å². The molecule has 1 saturated heterocycles. The van der Waals surface area contributed by atoms with Gasteiger partial charge in [0.15, 0.2) is 0 Å². The Bertz CT molecular complexity index is 1090. The van der Waals surface area contributed by atoms with Crippen molar-refractivity contribution in [2.75, 3.05) is 23.3 Å². The Morgan fingerprint density at radius 2 is 1.97 bits per heavy atom. The predicted octanol–water partition coefficient (Wildman–Crippen LogP) is 4.61. The number of amides is 1. The highest BCUT2D eigenvalue weighted by Gasteiger charge is 2.27. The number of halogens is 1. The number of carbonyl (C=O) groups excluding carboxylic acids is 1. The molecule has 0 spiro atoms. The van der Waals surface area contributed by atoms with Crippen LogP contribution in [0.4, 0.5) is 15.9 Å². The summed E-state index contributed by atoms with van der Waals surface area (Å²) in [7, 11) is 0. The number of aromatic nitrogens is 1. The van der Waals surface area contributed by atoms with Crippen LogP contribution in [0.5, 0.6) is 0 Å². The van der Waals surface area contributed by atoms with E-state index in [0.717, 1.165) is 30.5 Å². The number of anilines is 2. The Hall–Kier alpha value is -3.72. The lowest BCUT2D eigenvalue weighted by atomic mass is 9.96. The van der Waals surface area contributed by atoms with Gasteiger partial charge in [0.1, 0.15) is 17.7 Å². The monoisotopic (exact) mass is 400 g/mol. The third-order valence-electron chi connectivity index (χ3n) is 5.31. The molecule has 1 aromatic heterocycles. The molecule has 1 N–H and O–H groups in total. The highest BCUT2D eigenvalue weighted by Crippen LogP contribution is 2.26. The maximum Gasteiger partial charge on any atom is 0.229 e. The van der Waals surface area contributed by atoms with Crippen LogP contribution in [-0.2, 0) is 4.79 Å². The molecule has 0 bridgehead atoms. The van der Waals surface area contributed by atoms with Crippen LogP contribution in [0, 0.1) is 23.1 Å². The number of hydrogen-bond donors (Lipinski definition) is 1. The van der Waals surface area contributed by atoms with Crippen molar-refractivity contribution in [3.63, 3.8) is 0 Å². The molecule has 3 aromatic rings. The number of piperidine rings is 1. The number of nitrogens with one attached hydrogen (secondary N) is 1. The molecule has 2 heterocycles. The van der Waals surface area contributed by atoms with E-state index in [1.54, 1.807) is 24.4 Å². The minimum atomic E-state index is -0.279. The Balaban J connectivity index is 1.43. The molecule has 1 unspecified atom stereocenters. The lowest BCUT2D eigenvalue weighted by Gasteiger charge is -2.33. The molecule has 4 rings (SSSR count). The summed E-state index contributed by atoms with van der Waals surface area (Å²) < 4.78 is 13.4. The first-order valence-corrected chi connectivity index (χ1v) is 9.91. The van der Waals surface area contributed by atoms with Crippen LogP contribution in [0.1, 0.15) is 18.4 Å². The second kappa shape index (κ2) is 8.75. The van der Waals surface area contributed by atoms with Gasteiger partial charge in [0.25, 0.3) is 0 Å². The lowest BCUT2D eigenvalue weighted by Crippen LogP contribution is -2.41. The molecule has 1 aliphatic rings. The first-order valence-electron chi connectivity index (χ1n) is 9.91. The second-order valence-corrected chi connectivity index (χ2v) is 7.35. The number of benzene rings is 2. The van der Waals surface area contributed by atoms with Crippen LogP contribution >= 0.6 is 0 Å². The van der Waals surface area contributed by atoms with Gasteiger partial charge in [-0.1, -0.05) is 24.3 Å². The van der Waals surface area contributed by atoms with Crippen LogP contribution in [-0.4, -0.2) is 24.0 Å². The van der Waals surface area contributed by atoms with E-state index < -0.39 is 0 Å². The highest BCUT2D eigenvalue weighted by atomic mass is 19.1. The zero-order chi connectivity index (χ0) is 20.9. The summed E-state index contributed by atoms with van der Waals surface area (Å²) in [6.07, 6.45) is 3.32. The van der Waals surface area contributed by atoms with Gasteiger partial charge in [-0.2, -0.15) is 5.26 Å². The van der Waals surface area contributed by atoms with Crippen LogP contribution < -0.4 is 10.2 Å². The van der Waals surface area contributed by atoms with Crippen molar-refractivity contribution in [3.8, 4) is 17.2 Å². The molecule has 0 radical (unpaired) electrons. The lowest BCUT2D eigenvalue weighted by molar-refractivity contribution is -0.120. The number of nitriles is 1. The number of pyridine rings is 1. The minimum absolute atomic E-state index is 0.0485. The molecule has 150 valence electrons. The van der Waals surface area contributed by atoms with Crippen molar-refractivity contribution >= 4 is 17.4 Å². The van der Waals surface area contributed by atoms with Crippen molar-refractivity contribution in [1.82, 2.24) is 4.98 Å². The smallest absolute Gasteiger partial charge is 0.229 e. The van der Waals surface area contributed by atoms with E-state index >= 15 is 0 Å². The van der Waals surface area contributed by atoms with Gasteiger partial charge in [-0.25, -0.2) is 9.37 Å². The van der Waals surface area contributed by atoms with Crippen molar-refractivity contribution in [3.05, 3.63) is 78.2 Å². The quantitative estimate of drug-likeness (QED) is 0.694. The van der Waals surface area contributed by atoms with Crippen LogP contribution in [0.2, 0.25) is 0 Å². The molecule has 2 aromatic carbocycles. The van der Waals surface area contributed by atoms with Crippen molar-refractivity contribution < 1.29 is 9.18 Å². The number of carbonyl (C=O) groups is 1. The molecule has 1 atom stereocenters. The summed E-state index contributed by atoms with van der Waals surface area (Å²) >= 11 is 0. The maximum absolute atomic E-state index is 13.4. The SMILES string of the molecule is N#Cc1cccnc1N1CCCC(C(=O)Nc2ccc(-c3cccc(F)c3)cc2)C1. The van der Waals surface area contributed by atoms with E-state index in [4.69, 9.17) is 0 Å². The predicted molar refractivity (Wildman–Crippen MR) is 114 cm³/mol. The molecule has 6 heteroatoms. The summed E-state index contributed by atoms with van der Waals surface area (Å²) in [5.74, 6) is 0.124. The van der Waals surface area contributed by atoms with Gasteiger partial charge in [0.05, 0.1) is 11.5 Å². The topological polar surface area (TPSA) is 69.0 Å². The Labute approximate surface area is 174 Å². The number of rotatable bonds is 4. The van der Waals surface area contributed by atoms with Crippen LogP contribution in [0.25, 0.3) is 11.1 Å². The first-order chi connectivity index (χ1) is 14.6. The van der Waals surface area contributed by atoms with Gasteiger partial charge in [-0.05, 0) is 60.4 Å². The average molecular weight is 400 g/mol. The van der Waals surface area contributed by atoms with E-state index in [2.05, 4.69) is 16.4 Å². The standard InChI is InChI=1S/C24H21FN4O/c25-21-7-1-4-18(14-21)17-8-10-22(11-9-17)28-24(30)20-6-3-13-29(16-20)23-19(15-26)5-2-12-27-23/h1-2,4-5,7-12,14,20H,3,6,13,16H2,(H,28,30). The fraction of sp³-hybridized carbons (Fsp3) is 0.208. The van der Waals surface area contributed by atoms with Gasteiger partial charge >= 0.3 is 0 Å². The van der Waals surface area contributed by atoms with Crippen LogP contribution in [0.3, 0.4) is 0 Å². The average Bonchev–Trinajstić information content (AvgIpc) is 2.79. The number of nitrogens with zero attached hydrogens (tertiary/aromatic N) is 3. The van der Waals surface area contributed by atoms with E-state index in [0.29, 0.717) is 23.6 Å². The molecule has 0 saturated carbocycles. The number of hydrogen-bond acceptors (Lipinski definition) is 4. The summed E-state index contributed by atoms with van der Waals surface area (Å²) in [4.78, 5) is 19.2. The van der Waals surface area contributed by atoms with E-state index in [9.17, 15) is 14.4 Å².